The molecule has 2 aromatic carbocycles. The number of aromatic amines is 1. The summed E-state index contributed by atoms with van der Waals surface area (Å²) in [6.07, 6.45) is 2.34. The van der Waals surface area contributed by atoms with Gasteiger partial charge in [0.25, 0.3) is 0 Å². The summed E-state index contributed by atoms with van der Waals surface area (Å²) < 4.78 is 5.41. The van der Waals surface area contributed by atoms with Crippen molar-refractivity contribution in [2.24, 2.45) is 5.92 Å². The van der Waals surface area contributed by atoms with Gasteiger partial charge in [-0.2, -0.15) is 5.26 Å². The van der Waals surface area contributed by atoms with Crippen LogP contribution in [0.25, 0.3) is 10.9 Å². The Morgan fingerprint density at radius 3 is 2.54 bits per heavy atom. The van der Waals surface area contributed by atoms with E-state index in [9.17, 15) is 10.1 Å². The van der Waals surface area contributed by atoms with Crippen molar-refractivity contribution >= 4 is 22.4 Å². The Balaban J connectivity index is 1.33. The molecule has 3 heterocycles. The van der Waals surface area contributed by atoms with Crippen LogP contribution in [0.4, 0.5) is 5.69 Å². The molecule has 3 fully saturated rings. The Morgan fingerprint density at radius 1 is 1.08 bits per heavy atom. The second kappa shape index (κ2) is 8.21. The number of fused-ring (bicyclic) bond motifs is 4. The second-order valence-corrected chi connectivity index (χ2v) is 11.4. The third kappa shape index (κ3) is 3.59. The molecule has 6 heteroatoms. The van der Waals surface area contributed by atoms with Gasteiger partial charge in [0.05, 0.1) is 42.1 Å². The molecule has 2 aliphatic heterocycles. The SMILES string of the molecule is CC1(C)c2cc(N3CCN(C4COC4)CC3)c(C#CC3CC3)cc2C(=O)c2c1[nH]c1cc(C#N)ccc21. The van der Waals surface area contributed by atoms with Crippen LogP contribution in [-0.2, 0) is 10.2 Å². The number of carbonyl (C=O) groups excluding carboxylic acids is 1. The number of nitrogens with zero attached hydrogens (tertiary/aromatic N) is 3. The van der Waals surface area contributed by atoms with Crippen LogP contribution < -0.4 is 4.90 Å². The lowest BCUT2D eigenvalue weighted by Crippen LogP contribution is -2.56. The van der Waals surface area contributed by atoms with Gasteiger partial charge < -0.3 is 14.6 Å². The average molecular weight is 491 g/mol. The van der Waals surface area contributed by atoms with Gasteiger partial charge in [-0.1, -0.05) is 31.8 Å². The lowest BCUT2D eigenvalue weighted by atomic mass is 9.70. The first-order chi connectivity index (χ1) is 17.9. The maximum Gasteiger partial charge on any atom is 0.195 e. The van der Waals surface area contributed by atoms with Gasteiger partial charge in [-0.3, -0.25) is 9.69 Å². The number of nitrogens with one attached hydrogen (secondary N) is 1. The molecule has 0 atom stereocenters. The van der Waals surface area contributed by atoms with E-state index in [1.807, 2.05) is 12.1 Å². The quantitative estimate of drug-likeness (QED) is 0.546. The summed E-state index contributed by atoms with van der Waals surface area (Å²) in [6, 6.07) is 12.6. The molecule has 4 aliphatic rings. The Morgan fingerprint density at radius 2 is 1.86 bits per heavy atom. The van der Waals surface area contributed by atoms with E-state index in [-0.39, 0.29) is 5.78 Å². The highest BCUT2D eigenvalue weighted by Gasteiger charge is 2.41. The molecule has 1 saturated carbocycles. The zero-order chi connectivity index (χ0) is 25.3. The number of aromatic nitrogens is 1. The van der Waals surface area contributed by atoms with Crippen molar-refractivity contribution in [3.05, 3.63) is 63.8 Å². The molecular weight excluding hydrogens is 460 g/mol. The fourth-order valence-electron chi connectivity index (χ4n) is 6.07. The smallest absolute Gasteiger partial charge is 0.195 e. The fraction of sp³-hybridized carbons (Fsp3) is 0.419. The van der Waals surface area contributed by atoms with Crippen molar-refractivity contribution < 1.29 is 9.53 Å². The van der Waals surface area contributed by atoms with Crippen molar-refractivity contribution in [1.82, 2.24) is 9.88 Å². The molecule has 0 bridgehead atoms. The summed E-state index contributed by atoms with van der Waals surface area (Å²) in [6.45, 7) is 9.96. The summed E-state index contributed by atoms with van der Waals surface area (Å²) in [4.78, 5) is 22.5. The average Bonchev–Trinajstić information content (AvgIpc) is 3.62. The number of nitriles is 1. The number of hydrogen-bond donors (Lipinski definition) is 1. The highest BCUT2D eigenvalue weighted by atomic mass is 16.5. The summed E-state index contributed by atoms with van der Waals surface area (Å²) in [5, 5.41) is 10.3. The van der Waals surface area contributed by atoms with E-state index < -0.39 is 5.41 Å². The third-order valence-electron chi connectivity index (χ3n) is 8.61. The Hall–Kier alpha value is -3.58. The topological polar surface area (TPSA) is 72.4 Å². The highest BCUT2D eigenvalue weighted by Crippen LogP contribution is 2.45. The predicted octanol–water partition coefficient (Wildman–Crippen LogP) is 4.19. The van der Waals surface area contributed by atoms with Crippen LogP contribution in [0.15, 0.2) is 30.3 Å². The van der Waals surface area contributed by atoms with Crippen molar-refractivity contribution in [3.63, 3.8) is 0 Å². The number of piperazine rings is 1. The summed E-state index contributed by atoms with van der Waals surface area (Å²) in [5.74, 6) is 7.45. The van der Waals surface area contributed by atoms with Gasteiger partial charge in [0.15, 0.2) is 5.78 Å². The molecular formula is C31H30N4O2. The van der Waals surface area contributed by atoms with E-state index in [0.29, 0.717) is 17.5 Å². The largest absolute Gasteiger partial charge is 0.378 e. The molecule has 6 nitrogen and oxygen atoms in total. The van der Waals surface area contributed by atoms with Crippen molar-refractivity contribution in [1.29, 1.82) is 5.26 Å². The van der Waals surface area contributed by atoms with Crippen LogP contribution in [0.2, 0.25) is 0 Å². The van der Waals surface area contributed by atoms with E-state index in [2.05, 4.69) is 58.7 Å². The number of carbonyl (C=O) groups is 1. The van der Waals surface area contributed by atoms with Crippen LogP contribution in [0.5, 0.6) is 0 Å². The van der Waals surface area contributed by atoms with Crippen molar-refractivity contribution in [2.45, 2.75) is 38.1 Å². The first kappa shape index (κ1) is 22.6. The van der Waals surface area contributed by atoms with E-state index in [1.165, 1.54) is 12.8 Å². The minimum atomic E-state index is -0.396. The lowest BCUT2D eigenvalue weighted by Gasteiger charge is -2.43. The predicted molar refractivity (Wildman–Crippen MR) is 143 cm³/mol. The van der Waals surface area contributed by atoms with E-state index in [1.54, 1.807) is 6.07 Å². The molecule has 0 unspecified atom stereocenters. The number of hydrogen-bond acceptors (Lipinski definition) is 5. The fourth-order valence-corrected chi connectivity index (χ4v) is 6.07. The van der Waals surface area contributed by atoms with E-state index in [0.717, 1.165) is 83.9 Å². The van der Waals surface area contributed by atoms with E-state index >= 15 is 0 Å². The molecule has 186 valence electrons. The first-order valence-electron chi connectivity index (χ1n) is 13.3. The van der Waals surface area contributed by atoms with Gasteiger partial charge in [-0.15, -0.1) is 0 Å². The molecule has 2 saturated heterocycles. The van der Waals surface area contributed by atoms with Gasteiger partial charge >= 0.3 is 0 Å². The summed E-state index contributed by atoms with van der Waals surface area (Å²) in [7, 11) is 0. The standard InChI is InChI=1S/C31H30N4O2/c1-31(2)25-15-27(35-11-9-34(10-12-35)22-17-37-18-22)21(7-5-19-3-4-19)14-24(25)29(36)28-23-8-6-20(16-32)13-26(23)33-30(28)31/h6,8,13-15,19,22,33H,3-4,9-12,17-18H2,1-2H3. The first-order valence-corrected chi connectivity index (χ1v) is 13.3. The molecule has 1 aromatic heterocycles. The minimum absolute atomic E-state index is 0.0381. The number of ketones is 1. The van der Waals surface area contributed by atoms with Crippen LogP contribution in [0.1, 0.15) is 65.0 Å². The van der Waals surface area contributed by atoms with Gasteiger partial charge in [0, 0.05) is 65.2 Å². The van der Waals surface area contributed by atoms with Crippen molar-refractivity contribution in [2.75, 3.05) is 44.3 Å². The van der Waals surface area contributed by atoms with Gasteiger partial charge in [0.1, 0.15) is 0 Å². The van der Waals surface area contributed by atoms with Gasteiger partial charge in [0.2, 0.25) is 0 Å². The molecule has 2 aliphatic carbocycles. The zero-order valence-electron chi connectivity index (χ0n) is 21.4. The number of anilines is 1. The third-order valence-corrected chi connectivity index (χ3v) is 8.61. The lowest BCUT2D eigenvalue weighted by molar-refractivity contribution is -0.0660. The molecule has 37 heavy (non-hydrogen) atoms. The number of benzene rings is 2. The summed E-state index contributed by atoms with van der Waals surface area (Å²) in [5.41, 5.74) is 6.57. The Labute approximate surface area is 217 Å². The van der Waals surface area contributed by atoms with Crippen LogP contribution in [0, 0.1) is 29.1 Å². The normalized spacial score (nSPS) is 21.0. The molecule has 0 amide bonds. The number of H-pyrrole nitrogens is 1. The van der Waals surface area contributed by atoms with Crippen LogP contribution >= 0.6 is 0 Å². The van der Waals surface area contributed by atoms with Crippen LogP contribution in [-0.4, -0.2) is 61.1 Å². The minimum Gasteiger partial charge on any atom is -0.378 e. The molecule has 3 aromatic rings. The maximum atomic E-state index is 14.0. The molecule has 0 spiro atoms. The van der Waals surface area contributed by atoms with Crippen LogP contribution in [0.3, 0.4) is 0 Å². The monoisotopic (exact) mass is 490 g/mol. The van der Waals surface area contributed by atoms with E-state index in [4.69, 9.17) is 4.74 Å². The highest BCUT2D eigenvalue weighted by molar-refractivity contribution is 6.20. The molecule has 0 radical (unpaired) electrons. The number of ether oxygens (including phenoxy) is 1. The second-order valence-electron chi connectivity index (χ2n) is 11.4. The molecule has 7 rings (SSSR count). The maximum absolute atomic E-state index is 14.0. The zero-order valence-corrected chi connectivity index (χ0v) is 21.4. The van der Waals surface area contributed by atoms with Crippen molar-refractivity contribution in [3.8, 4) is 17.9 Å². The Bertz CT molecular complexity index is 1550. The van der Waals surface area contributed by atoms with Gasteiger partial charge in [-0.05, 0) is 42.7 Å². The Kier molecular flexibility index (Phi) is 5.02. The summed E-state index contributed by atoms with van der Waals surface area (Å²) >= 11 is 0. The van der Waals surface area contributed by atoms with Gasteiger partial charge in [-0.25, -0.2) is 0 Å². The number of rotatable bonds is 2. The molecule has 1 N–H and O–H groups in total.